The zero-order chi connectivity index (χ0) is 39.8. The number of piperidine rings is 2. The molecule has 1 aliphatic carbocycles. The molecule has 1 saturated carbocycles. The van der Waals surface area contributed by atoms with Gasteiger partial charge < -0.3 is 19.4 Å². The van der Waals surface area contributed by atoms with E-state index in [0.29, 0.717) is 25.3 Å². The third-order valence-electron chi connectivity index (χ3n) is 13.0. The molecule has 302 valence electrons. The molecule has 4 aromatic rings. The van der Waals surface area contributed by atoms with Gasteiger partial charge in [-0.05, 0) is 75.4 Å². The molecule has 10 rings (SSSR count). The third-order valence-corrected chi connectivity index (χ3v) is 13.0. The SMILES string of the molecule is CC1(Oc2ccc3[nH]nc(-c4cc(N5CCN(CC6(F)CCN(CC7CN(c8ccc9c(c8)C(=O)N(C8CCC(=O)NC8=O)C9=O)C7)CC6)CC5)ncn4)c3c2)CC1. The Hall–Kier alpha value is -5.48. The highest BCUT2D eigenvalue weighted by atomic mass is 19.1. The predicted molar refractivity (Wildman–Crippen MR) is 212 cm³/mol. The van der Waals surface area contributed by atoms with E-state index in [1.807, 2.05) is 30.3 Å². The average molecular weight is 791 g/mol. The molecule has 4 amide bonds. The molecule has 0 radical (unpaired) electrons. The number of alkyl halides is 1. The molecule has 2 aromatic heterocycles. The summed E-state index contributed by atoms with van der Waals surface area (Å²) in [5.41, 5.74) is 2.57. The van der Waals surface area contributed by atoms with Crippen LogP contribution in [0.1, 0.15) is 66.2 Å². The smallest absolute Gasteiger partial charge is 0.262 e. The molecule has 1 unspecified atom stereocenters. The molecule has 15 nitrogen and oxygen atoms in total. The molecule has 1 atom stereocenters. The van der Waals surface area contributed by atoms with Crippen LogP contribution in [0.3, 0.4) is 0 Å². The van der Waals surface area contributed by atoms with E-state index in [1.54, 1.807) is 18.5 Å². The Kier molecular flexibility index (Phi) is 8.96. The minimum Gasteiger partial charge on any atom is -0.488 e. The number of carbonyl (C=O) groups excluding carboxylic acids is 4. The van der Waals surface area contributed by atoms with E-state index in [-0.39, 0.29) is 29.6 Å². The lowest BCUT2D eigenvalue weighted by molar-refractivity contribution is -0.136. The second kappa shape index (κ2) is 14.1. The number of aromatic amines is 1. The van der Waals surface area contributed by atoms with Crippen molar-refractivity contribution in [2.75, 3.05) is 75.2 Å². The van der Waals surface area contributed by atoms with Gasteiger partial charge in [0.2, 0.25) is 11.8 Å². The quantitative estimate of drug-likeness (QED) is 0.226. The molecule has 58 heavy (non-hydrogen) atoms. The van der Waals surface area contributed by atoms with Gasteiger partial charge in [0.15, 0.2) is 0 Å². The van der Waals surface area contributed by atoms with Crippen LogP contribution in [0, 0.1) is 5.92 Å². The number of rotatable bonds is 10. The first-order chi connectivity index (χ1) is 28.0. The fourth-order valence-corrected chi connectivity index (χ4v) is 9.21. The van der Waals surface area contributed by atoms with Crippen molar-refractivity contribution in [3.8, 4) is 17.1 Å². The van der Waals surface area contributed by atoms with Crippen LogP contribution in [0.5, 0.6) is 5.75 Å². The van der Waals surface area contributed by atoms with E-state index >= 15 is 4.39 Å². The summed E-state index contributed by atoms with van der Waals surface area (Å²) in [6, 6.07) is 12.3. The summed E-state index contributed by atoms with van der Waals surface area (Å²) in [4.78, 5) is 69.6. The Bertz CT molecular complexity index is 2310. The summed E-state index contributed by atoms with van der Waals surface area (Å²) in [5, 5.41) is 10.9. The minimum atomic E-state index is -1.22. The van der Waals surface area contributed by atoms with E-state index in [9.17, 15) is 19.2 Å². The summed E-state index contributed by atoms with van der Waals surface area (Å²) in [5.74, 6) is 0.0785. The Morgan fingerprint density at radius 2 is 1.62 bits per heavy atom. The average Bonchev–Trinajstić information content (AvgIpc) is 3.69. The van der Waals surface area contributed by atoms with E-state index in [2.05, 4.69) is 52.0 Å². The minimum absolute atomic E-state index is 0.0706. The number of H-pyrrole nitrogens is 1. The molecule has 6 aliphatic rings. The number of benzene rings is 2. The second-order valence-corrected chi connectivity index (χ2v) is 17.3. The van der Waals surface area contributed by atoms with Crippen LogP contribution >= 0.6 is 0 Å². The molecule has 7 heterocycles. The maximum Gasteiger partial charge on any atom is 0.262 e. The summed E-state index contributed by atoms with van der Waals surface area (Å²) in [6.07, 6.45) is 4.95. The van der Waals surface area contributed by atoms with Gasteiger partial charge in [0.05, 0.1) is 22.3 Å². The highest BCUT2D eigenvalue weighted by Crippen LogP contribution is 2.41. The van der Waals surface area contributed by atoms with E-state index in [0.717, 1.165) is 116 Å². The van der Waals surface area contributed by atoms with Gasteiger partial charge in [-0.1, -0.05) is 0 Å². The van der Waals surface area contributed by atoms with Crippen LogP contribution in [0.15, 0.2) is 48.8 Å². The number of imide groups is 2. The van der Waals surface area contributed by atoms with Crippen molar-refractivity contribution in [3.05, 3.63) is 59.9 Å². The molecular formula is C42H47FN10O5. The number of hydrogen-bond acceptors (Lipinski definition) is 12. The number of nitrogens with one attached hydrogen (secondary N) is 2. The van der Waals surface area contributed by atoms with Crippen molar-refractivity contribution in [2.24, 2.45) is 5.92 Å². The van der Waals surface area contributed by atoms with Crippen molar-refractivity contribution < 1.29 is 28.3 Å². The largest absolute Gasteiger partial charge is 0.488 e. The lowest BCUT2D eigenvalue weighted by atomic mass is 9.90. The van der Waals surface area contributed by atoms with Crippen molar-refractivity contribution in [2.45, 2.75) is 62.8 Å². The maximum absolute atomic E-state index is 16.3. The first-order valence-corrected chi connectivity index (χ1v) is 20.5. The van der Waals surface area contributed by atoms with Gasteiger partial charge in [-0.3, -0.25) is 39.4 Å². The fourth-order valence-electron chi connectivity index (χ4n) is 9.21. The van der Waals surface area contributed by atoms with Gasteiger partial charge in [0.1, 0.15) is 40.9 Å². The van der Waals surface area contributed by atoms with Crippen molar-refractivity contribution in [1.29, 1.82) is 0 Å². The predicted octanol–water partition coefficient (Wildman–Crippen LogP) is 3.41. The number of halogens is 1. The molecule has 0 spiro atoms. The summed E-state index contributed by atoms with van der Waals surface area (Å²) in [7, 11) is 0. The first kappa shape index (κ1) is 36.8. The Morgan fingerprint density at radius 1 is 0.845 bits per heavy atom. The van der Waals surface area contributed by atoms with Crippen molar-refractivity contribution in [3.63, 3.8) is 0 Å². The fraction of sp³-hybridized carbons (Fsp3) is 0.500. The van der Waals surface area contributed by atoms with Gasteiger partial charge >= 0.3 is 0 Å². The van der Waals surface area contributed by atoms with Gasteiger partial charge in [0.25, 0.3) is 11.8 Å². The monoisotopic (exact) mass is 790 g/mol. The molecule has 4 saturated heterocycles. The number of carbonyl (C=O) groups is 4. The van der Waals surface area contributed by atoms with E-state index < -0.39 is 35.3 Å². The van der Waals surface area contributed by atoms with Gasteiger partial charge in [0, 0.05) is 94.9 Å². The van der Waals surface area contributed by atoms with Gasteiger partial charge in [-0.15, -0.1) is 0 Å². The van der Waals surface area contributed by atoms with Crippen LogP contribution in [-0.4, -0.2) is 141 Å². The van der Waals surface area contributed by atoms with Crippen LogP contribution in [0.25, 0.3) is 22.3 Å². The zero-order valence-corrected chi connectivity index (χ0v) is 32.6. The van der Waals surface area contributed by atoms with E-state index in [4.69, 9.17) is 4.74 Å². The number of fused-ring (bicyclic) bond motifs is 2. The molecule has 0 bridgehead atoms. The summed E-state index contributed by atoms with van der Waals surface area (Å²) >= 11 is 0. The molecule has 2 aromatic carbocycles. The molecule has 2 N–H and O–H groups in total. The van der Waals surface area contributed by atoms with Gasteiger partial charge in [-0.2, -0.15) is 5.10 Å². The number of likely N-dealkylation sites (tertiary alicyclic amines) is 1. The van der Waals surface area contributed by atoms with Crippen LogP contribution in [0.2, 0.25) is 0 Å². The second-order valence-electron chi connectivity index (χ2n) is 17.3. The normalized spacial score (nSPS) is 23.6. The van der Waals surface area contributed by atoms with Crippen LogP contribution in [0.4, 0.5) is 15.9 Å². The standard InChI is InChI=1S/C42H47FN10O5/c1-41(8-9-41)58-28-3-5-32-31(19-28)37(48-47-32)33-20-35(45-25-44-33)51-16-14-50(15-17-51)24-42(43)10-12-49(13-11-42)21-26-22-52(23-26)27-2-4-29-30(18-27)40(57)53(39(29)56)34-6-7-36(54)46-38(34)55/h2-5,18-20,25-26,34H,6-17,21-24H2,1H3,(H,47,48)(H,46,54,55). The molecule has 5 aliphatic heterocycles. The maximum atomic E-state index is 16.3. The number of hydrogen-bond donors (Lipinski definition) is 2. The highest BCUT2D eigenvalue weighted by molar-refractivity contribution is 6.23. The lowest BCUT2D eigenvalue weighted by Gasteiger charge is -2.46. The molecule has 16 heteroatoms. The number of piperazine rings is 1. The Labute approximate surface area is 334 Å². The van der Waals surface area contributed by atoms with Gasteiger partial charge in [-0.25, -0.2) is 14.4 Å². The topological polar surface area (TPSA) is 160 Å². The number of ether oxygens (including phenoxy) is 1. The number of nitrogens with zero attached hydrogens (tertiary/aromatic N) is 8. The number of aromatic nitrogens is 4. The Balaban J connectivity index is 0.684. The van der Waals surface area contributed by atoms with Crippen LogP contribution < -0.4 is 19.9 Å². The lowest BCUT2D eigenvalue weighted by Crippen LogP contribution is -2.56. The van der Waals surface area contributed by atoms with E-state index in [1.165, 1.54) is 0 Å². The highest BCUT2D eigenvalue weighted by Gasteiger charge is 2.45. The first-order valence-electron chi connectivity index (χ1n) is 20.5. The third kappa shape index (κ3) is 6.95. The Morgan fingerprint density at radius 3 is 2.38 bits per heavy atom. The summed E-state index contributed by atoms with van der Waals surface area (Å²) < 4.78 is 22.5. The van der Waals surface area contributed by atoms with Crippen LogP contribution in [-0.2, 0) is 9.59 Å². The number of amides is 4. The molecule has 5 fully saturated rings. The van der Waals surface area contributed by atoms with Crippen molar-refractivity contribution in [1.82, 2.24) is 40.2 Å². The summed E-state index contributed by atoms with van der Waals surface area (Å²) in [6.45, 7) is 9.53. The van der Waals surface area contributed by atoms with Crippen molar-refractivity contribution >= 4 is 46.0 Å². The molecular weight excluding hydrogens is 744 g/mol. The zero-order valence-electron chi connectivity index (χ0n) is 32.6. The number of anilines is 2.